The van der Waals surface area contributed by atoms with Gasteiger partial charge in [0.1, 0.15) is 0 Å². The summed E-state index contributed by atoms with van der Waals surface area (Å²) in [5, 5.41) is 3.52. The lowest BCUT2D eigenvalue weighted by Crippen LogP contribution is -2.24. The summed E-state index contributed by atoms with van der Waals surface area (Å²) in [6.07, 6.45) is 0.701. The zero-order valence-electron chi connectivity index (χ0n) is 12.0. The second-order valence-electron chi connectivity index (χ2n) is 4.71. The van der Waals surface area contributed by atoms with Gasteiger partial charge < -0.3 is 11.1 Å². The van der Waals surface area contributed by atoms with Crippen LogP contribution in [0.2, 0.25) is 10.0 Å². The summed E-state index contributed by atoms with van der Waals surface area (Å²) >= 11 is 13.3. The number of thioether (sulfide) groups is 1. The van der Waals surface area contributed by atoms with Crippen LogP contribution in [0.1, 0.15) is 13.3 Å². The maximum absolute atomic E-state index is 12.4. The van der Waals surface area contributed by atoms with Crippen molar-refractivity contribution in [3.63, 3.8) is 0 Å². The maximum Gasteiger partial charge on any atom is 0.237 e. The zero-order chi connectivity index (χ0) is 16.1. The van der Waals surface area contributed by atoms with Crippen LogP contribution in [0.3, 0.4) is 0 Å². The average Bonchev–Trinajstić information content (AvgIpc) is 2.48. The number of benzene rings is 2. The van der Waals surface area contributed by atoms with Gasteiger partial charge >= 0.3 is 0 Å². The number of hydrogen-bond donors (Lipinski definition) is 2. The van der Waals surface area contributed by atoms with Crippen LogP contribution < -0.4 is 11.1 Å². The zero-order valence-corrected chi connectivity index (χ0v) is 14.3. The summed E-state index contributed by atoms with van der Waals surface area (Å²) in [4.78, 5) is 13.4. The Morgan fingerprint density at radius 1 is 1.23 bits per heavy atom. The molecule has 2 rings (SSSR count). The summed E-state index contributed by atoms with van der Waals surface area (Å²) in [6, 6.07) is 12.5. The number of nitrogens with two attached hydrogens (primary N) is 1. The lowest BCUT2D eigenvalue weighted by Gasteiger charge is -2.15. The van der Waals surface area contributed by atoms with Crippen LogP contribution in [-0.4, -0.2) is 11.2 Å². The van der Waals surface area contributed by atoms with E-state index in [0.29, 0.717) is 27.8 Å². The molecule has 0 saturated heterocycles. The van der Waals surface area contributed by atoms with Crippen LogP contribution in [0.25, 0.3) is 0 Å². The standard InChI is InChI=1S/C16H16Cl2N2OS/c1-2-15(22-12-5-3-4-10(19)8-12)16(21)20-11-6-7-13(17)14(18)9-11/h3-9,15H,2,19H2,1H3,(H,20,21). The van der Waals surface area contributed by atoms with E-state index in [1.165, 1.54) is 11.8 Å². The largest absolute Gasteiger partial charge is 0.399 e. The Labute approximate surface area is 144 Å². The lowest BCUT2D eigenvalue weighted by atomic mass is 10.2. The number of halogens is 2. The minimum Gasteiger partial charge on any atom is -0.399 e. The number of rotatable bonds is 5. The molecule has 0 fully saturated rings. The molecular formula is C16H16Cl2N2OS. The fourth-order valence-corrected chi connectivity index (χ4v) is 3.19. The van der Waals surface area contributed by atoms with E-state index in [4.69, 9.17) is 28.9 Å². The molecule has 0 aliphatic rings. The number of nitrogen functional groups attached to an aromatic ring is 1. The highest BCUT2D eigenvalue weighted by Gasteiger charge is 2.18. The van der Waals surface area contributed by atoms with Crippen molar-refractivity contribution >= 4 is 52.2 Å². The molecule has 3 nitrogen and oxygen atoms in total. The molecule has 116 valence electrons. The summed E-state index contributed by atoms with van der Waals surface area (Å²) in [7, 11) is 0. The van der Waals surface area contributed by atoms with Gasteiger partial charge in [-0.25, -0.2) is 0 Å². The Morgan fingerprint density at radius 2 is 2.00 bits per heavy atom. The average molecular weight is 355 g/mol. The topological polar surface area (TPSA) is 55.1 Å². The van der Waals surface area contributed by atoms with E-state index in [0.717, 1.165) is 4.90 Å². The van der Waals surface area contributed by atoms with Crippen molar-refractivity contribution in [3.05, 3.63) is 52.5 Å². The molecular weight excluding hydrogens is 339 g/mol. The molecule has 3 N–H and O–H groups in total. The summed E-state index contributed by atoms with van der Waals surface area (Å²) < 4.78 is 0. The van der Waals surface area contributed by atoms with Crippen molar-refractivity contribution in [3.8, 4) is 0 Å². The van der Waals surface area contributed by atoms with Gasteiger partial charge in [0.05, 0.1) is 15.3 Å². The molecule has 0 bridgehead atoms. The number of carbonyl (C=O) groups is 1. The summed E-state index contributed by atoms with van der Waals surface area (Å²) in [6.45, 7) is 1.97. The van der Waals surface area contributed by atoms with E-state index in [1.54, 1.807) is 18.2 Å². The van der Waals surface area contributed by atoms with Gasteiger partial charge in [-0.15, -0.1) is 11.8 Å². The Bertz CT molecular complexity index is 679. The number of carbonyl (C=O) groups excluding carboxylic acids is 1. The van der Waals surface area contributed by atoms with E-state index in [-0.39, 0.29) is 11.2 Å². The third kappa shape index (κ3) is 4.57. The Hall–Kier alpha value is -1.36. The molecule has 0 heterocycles. The third-order valence-electron chi connectivity index (χ3n) is 2.99. The quantitative estimate of drug-likeness (QED) is 0.581. The molecule has 0 aromatic heterocycles. The molecule has 22 heavy (non-hydrogen) atoms. The van der Waals surface area contributed by atoms with Gasteiger partial charge in [0.25, 0.3) is 0 Å². The first-order valence-corrected chi connectivity index (χ1v) is 8.41. The Balaban J connectivity index is 2.06. The first-order chi connectivity index (χ1) is 10.5. The molecule has 1 atom stereocenters. The van der Waals surface area contributed by atoms with Crippen LogP contribution in [0.15, 0.2) is 47.4 Å². The molecule has 2 aromatic rings. The van der Waals surface area contributed by atoms with Gasteiger partial charge in [-0.2, -0.15) is 0 Å². The van der Waals surface area contributed by atoms with E-state index < -0.39 is 0 Å². The summed E-state index contributed by atoms with van der Waals surface area (Å²) in [5.41, 5.74) is 7.08. The molecule has 0 aliphatic carbocycles. The van der Waals surface area contributed by atoms with Gasteiger partial charge in [0.15, 0.2) is 0 Å². The molecule has 6 heteroatoms. The highest BCUT2D eigenvalue weighted by Crippen LogP contribution is 2.29. The fraction of sp³-hybridized carbons (Fsp3) is 0.188. The van der Waals surface area contributed by atoms with Crippen LogP contribution in [0, 0.1) is 0 Å². The lowest BCUT2D eigenvalue weighted by molar-refractivity contribution is -0.115. The van der Waals surface area contributed by atoms with E-state index in [1.807, 2.05) is 31.2 Å². The van der Waals surface area contributed by atoms with Crippen molar-refractivity contribution in [1.82, 2.24) is 0 Å². The molecule has 0 radical (unpaired) electrons. The van der Waals surface area contributed by atoms with Crippen molar-refractivity contribution in [1.29, 1.82) is 0 Å². The van der Waals surface area contributed by atoms with Gasteiger partial charge in [-0.05, 0) is 42.8 Å². The number of amides is 1. The van der Waals surface area contributed by atoms with Gasteiger partial charge in [-0.1, -0.05) is 36.2 Å². The molecule has 1 unspecified atom stereocenters. The smallest absolute Gasteiger partial charge is 0.237 e. The second-order valence-corrected chi connectivity index (χ2v) is 6.80. The Kier molecular flexibility index (Phi) is 6.00. The van der Waals surface area contributed by atoms with Crippen molar-refractivity contribution in [2.24, 2.45) is 0 Å². The predicted molar refractivity (Wildman–Crippen MR) is 95.9 cm³/mol. The van der Waals surface area contributed by atoms with Crippen molar-refractivity contribution in [2.75, 3.05) is 11.1 Å². The summed E-state index contributed by atoms with van der Waals surface area (Å²) in [5.74, 6) is -0.0756. The van der Waals surface area contributed by atoms with E-state index in [9.17, 15) is 4.79 Å². The number of hydrogen-bond acceptors (Lipinski definition) is 3. The van der Waals surface area contributed by atoms with Crippen LogP contribution in [0.4, 0.5) is 11.4 Å². The van der Waals surface area contributed by atoms with Gasteiger partial charge in [-0.3, -0.25) is 4.79 Å². The van der Waals surface area contributed by atoms with Gasteiger partial charge in [0, 0.05) is 16.3 Å². The minimum absolute atomic E-state index is 0.0756. The minimum atomic E-state index is -0.212. The van der Waals surface area contributed by atoms with Crippen LogP contribution in [0.5, 0.6) is 0 Å². The molecule has 0 saturated carbocycles. The van der Waals surface area contributed by atoms with Crippen molar-refractivity contribution in [2.45, 2.75) is 23.5 Å². The number of nitrogens with one attached hydrogen (secondary N) is 1. The molecule has 0 aliphatic heterocycles. The third-order valence-corrected chi connectivity index (χ3v) is 5.08. The van der Waals surface area contributed by atoms with Gasteiger partial charge in [0.2, 0.25) is 5.91 Å². The first kappa shape index (κ1) is 17.0. The number of anilines is 2. The highest BCUT2D eigenvalue weighted by atomic mass is 35.5. The Morgan fingerprint density at radius 3 is 2.64 bits per heavy atom. The predicted octanol–water partition coefficient (Wildman–Crippen LogP) is 5.09. The van der Waals surface area contributed by atoms with Crippen molar-refractivity contribution < 1.29 is 4.79 Å². The molecule has 0 spiro atoms. The maximum atomic E-state index is 12.4. The SMILES string of the molecule is CCC(Sc1cccc(N)c1)C(=O)Nc1ccc(Cl)c(Cl)c1. The van der Waals surface area contributed by atoms with Crippen LogP contribution >= 0.6 is 35.0 Å². The van der Waals surface area contributed by atoms with E-state index >= 15 is 0 Å². The van der Waals surface area contributed by atoms with E-state index in [2.05, 4.69) is 5.32 Å². The normalized spacial score (nSPS) is 12.0. The first-order valence-electron chi connectivity index (χ1n) is 6.77. The fourth-order valence-electron chi connectivity index (χ4n) is 1.87. The molecule has 2 aromatic carbocycles. The monoisotopic (exact) mass is 354 g/mol. The molecule has 1 amide bonds. The van der Waals surface area contributed by atoms with Crippen LogP contribution in [-0.2, 0) is 4.79 Å². The second kappa shape index (κ2) is 7.77. The highest BCUT2D eigenvalue weighted by molar-refractivity contribution is 8.00.